The zero-order chi connectivity index (χ0) is 13.1. The maximum Gasteiger partial charge on any atom is 0.271 e. The third-order valence-electron chi connectivity index (χ3n) is 2.30. The Labute approximate surface area is 101 Å². The first-order valence-electron chi connectivity index (χ1n) is 5.08. The molecule has 8 heteroatoms. The van der Waals surface area contributed by atoms with Crippen LogP contribution in [-0.4, -0.2) is 31.6 Å². The van der Waals surface area contributed by atoms with Crippen LogP contribution in [-0.2, 0) is 6.42 Å². The smallest absolute Gasteiger partial charge is 0.271 e. The molecule has 2 rings (SSSR count). The number of aliphatic hydroxyl groups excluding tert-OH is 1. The minimum absolute atomic E-state index is 0.0547. The SMILES string of the molecule is O=[N+]([O-])c1ccc(F)c(-n2cc(CCO)nn2)c1. The van der Waals surface area contributed by atoms with Gasteiger partial charge in [0, 0.05) is 25.2 Å². The summed E-state index contributed by atoms with van der Waals surface area (Å²) < 4.78 is 14.7. The van der Waals surface area contributed by atoms with Crippen molar-refractivity contribution >= 4 is 5.69 Å². The maximum absolute atomic E-state index is 13.6. The number of nitro groups is 1. The van der Waals surface area contributed by atoms with Crippen molar-refractivity contribution in [1.82, 2.24) is 15.0 Å². The van der Waals surface area contributed by atoms with Crippen LogP contribution in [0.5, 0.6) is 0 Å². The van der Waals surface area contributed by atoms with Gasteiger partial charge in [0.15, 0.2) is 0 Å². The maximum atomic E-state index is 13.6. The van der Waals surface area contributed by atoms with Crippen LogP contribution < -0.4 is 0 Å². The van der Waals surface area contributed by atoms with E-state index in [0.29, 0.717) is 5.69 Å². The molecule has 0 radical (unpaired) electrons. The summed E-state index contributed by atoms with van der Waals surface area (Å²) >= 11 is 0. The molecule has 94 valence electrons. The normalized spacial score (nSPS) is 10.6. The van der Waals surface area contributed by atoms with Gasteiger partial charge >= 0.3 is 0 Å². The van der Waals surface area contributed by atoms with Gasteiger partial charge in [0.25, 0.3) is 5.69 Å². The summed E-state index contributed by atoms with van der Waals surface area (Å²) in [6.45, 7) is -0.101. The Morgan fingerprint density at radius 2 is 2.28 bits per heavy atom. The van der Waals surface area contributed by atoms with Gasteiger partial charge in [-0.15, -0.1) is 5.10 Å². The first-order chi connectivity index (χ1) is 8.61. The second-order valence-corrected chi connectivity index (χ2v) is 3.52. The summed E-state index contributed by atoms with van der Waals surface area (Å²) in [4.78, 5) is 9.99. The Bertz CT molecular complexity index is 584. The van der Waals surface area contributed by atoms with Crippen LogP contribution in [0.2, 0.25) is 0 Å². The summed E-state index contributed by atoms with van der Waals surface area (Å²) in [5.74, 6) is -0.638. The Morgan fingerprint density at radius 3 is 2.94 bits per heavy atom. The number of benzene rings is 1. The lowest BCUT2D eigenvalue weighted by molar-refractivity contribution is -0.384. The predicted molar refractivity (Wildman–Crippen MR) is 58.8 cm³/mol. The van der Waals surface area contributed by atoms with Crippen molar-refractivity contribution < 1.29 is 14.4 Å². The van der Waals surface area contributed by atoms with Gasteiger partial charge in [-0.2, -0.15) is 0 Å². The Kier molecular flexibility index (Phi) is 3.28. The molecule has 0 fully saturated rings. The molecule has 7 nitrogen and oxygen atoms in total. The number of rotatable bonds is 4. The van der Waals surface area contributed by atoms with E-state index in [0.717, 1.165) is 22.9 Å². The van der Waals surface area contributed by atoms with Crippen molar-refractivity contribution in [2.24, 2.45) is 0 Å². The average Bonchev–Trinajstić information content (AvgIpc) is 2.78. The van der Waals surface area contributed by atoms with E-state index in [2.05, 4.69) is 10.3 Å². The van der Waals surface area contributed by atoms with E-state index in [1.54, 1.807) is 0 Å². The molecule has 0 bridgehead atoms. The third-order valence-corrected chi connectivity index (χ3v) is 2.30. The number of halogens is 1. The molecule has 0 spiro atoms. The van der Waals surface area contributed by atoms with Crippen molar-refractivity contribution in [3.8, 4) is 5.69 Å². The quantitative estimate of drug-likeness (QED) is 0.643. The highest BCUT2D eigenvalue weighted by Crippen LogP contribution is 2.19. The van der Waals surface area contributed by atoms with Gasteiger partial charge in [-0.3, -0.25) is 10.1 Å². The summed E-state index contributed by atoms with van der Waals surface area (Å²) in [5.41, 5.74) is 0.190. The fourth-order valence-electron chi connectivity index (χ4n) is 1.44. The van der Waals surface area contributed by atoms with Crippen LogP contribution in [0.25, 0.3) is 5.69 Å². The van der Waals surface area contributed by atoms with Crippen molar-refractivity contribution in [2.45, 2.75) is 6.42 Å². The molecule has 0 unspecified atom stereocenters. The highest BCUT2D eigenvalue weighted by molar-refractivity contribution is 5.43. The van der Waals surface area contributed by atoms with E-state index in [4.69, 9.17) is 5.11 Å². The van der Waals surface area contributed by atoms with E-state index in [1.807, 2.05) is 0 Å². The Morgan fingerprint density at radius 1 is 1.50 bits per heavy atom. The molecule has 0 saturated heterocycles. The molecule has 18 heavy (non-hydrogen) atoms. The summed E-state index contributed by atoms with van der Waals surface area (Å²) in [6, 6.07) is 3.15. The molecule has 0 aliphatic carbocycles. The molecule has 1 aromatic carbocycles. The van der Waals surface area contributed by atoms with E-state index in [1.165, 1.54) is 6.20 Å². The average molecular weight is 252 g/mol. The fraction of sp³-hybridized carbons (Fsp3) is 0.200. The van der Waals surface area contributed by atoms with Gasteiger partial charge < -0.3 is 5.11 Å². The highest BCUT2D eigenvalue weighted by Gasteiger charge is 2.13. The summed E-state index contributed by atoms with van der Waals surface area (Å²) in [7, 11) is 0. The molecule has 0 amide bonds. The lowest BCUT2D eigenvalue weighted by atomic mass is 10.2. The lowest BCUT2D eigenvalue weighted by Crippen LogP contribution is -2.00. The van der Waals surface area contributed by atoms with Crippen LogP contribution in [0.4, 0.5) is 10.1 Å². The van der Waals surface area contributed by atoms with Crippen molar-refractivity contribution in [3.05, 3.63) is 46.0 Å². The Hall–Kier alpha value is -2.35. The first-order valence-corrected chi connectivity index (χ1v) is 5.08. The van der Waals surface area contributed by atoms with Gasteiger partial charge in [-0.1, -0.05) is 5.21 Å². The number of hydrogen-bond donors (Lipinski definition) is 1. The Balaban J connectivity index is 2.41. The number of aromatic nitrogens is 3. The van der Waals surface area contributed by atoms with Gasteiger partial charge in [0.05, 0.1) is 16.8 Å². The summed E-state index contributed by atoms with van der Waals surface area (Å²) in [5, 5.41) is 26.7. The molecular formula is C10H9FN4O3. The fourth-order valence-corrected chi connectivity index (χ4v) is 1.44. The number of nitrogens with zero attached hydrogens (tertiary/aromatic N) is 4. The van der Waals surface area contributed by atoms with Crippen LogP contribution in [0, 0.1) is 15.9 Å². The molecule has 1 N–H and O–H groups in total. The molecule has 2 aromatic rings. The molecule has 1 heterocycles. The number of aliphatic hydroxyl groups is 1. The lowest BCUT2D eigenvalue weighted by Gasteiger charge is -2.01. The largest absolute Gasteiger partial charge is 0.396 e. The zero-order valence-corrected chi connectivity index (χ0v) is 9.15. The van der Waals surface area contributed by atoms with E-state index < -0.39 is 10.7 Å². The standard InChI is InChI=1S/C10H9FN4O3/c11-9-2-1-8(15(17)18)5-10(9)14-6-7(3-4-16)12-13-14/h1-2,5-6,16H,3-4H2. The van der Waals surface area contributed by atoms with Crippen molar-refractivity contribution in [1.29, 1.82) is 0 Å². The molecular weight excluding hydrogens is 243 g/mol. The van der Waals surface area contributed by atoms with Crippen molar-refractivity contribution in [3.63, 3.8) is 0 Å². The van der Waals surface area contributed by atoms with Gasteiger partial charge in [-0.05, 0) is 6.07 Å². The first kappa shape index (κ1) is 12.1. The third kappa shape index (κ3) is 2.33. The van der Waals surface area contributed by atoms with E-state index in [-0.39, 0.29) is 24.4 Å². The monoisotopic (exact) mass is 252 g/mol. The molecule has 0 aliphatic heterocycles. The molecule has 1 aromatic heterocycles. The molecule has 0 saturated carbocycles. The van der Waals surface area contributed by atoms with E-state index >= 15 is 0 Å². The van der Waals surface area contributed by atoms with Crippen LogP contribution >= 0.6 is 0 Å². The topological polar surface area (TPSA) is 94.1 Å². The zero-order valence-electron chi connectivity index (χ0n) is 9.15. The van der Waals surface area contributed by atoms with Crippen LogP contribution in [0.15, 0.2) is 24.4 Å². The molecule has 0 aliphatic rings. The second-order valence-electron chi connectivity index (χ2n) is 3.52. The summed E-state index contributed by atoms with van der Waals surface area (Å²) in [6.07, 6.45) is 1.70. The minimum Gasteiger partial charge on any atom is -0.396 e. The van der Waals surface area contributed by atoms with Gasteiger partial charge in [-0.25, -0.2) is 9.07 Å². The van der Waals surface area contributed by atoms with Gasteiger partial charge in [0.2, 0.25) is 0 Å². The van der Waals surface area contributed by atoms with Crippen LogP contribution in [0.1, 0.15) is 5.69 Å². The van der Waals surface area contributed by atoms with Crippen molar-refractivity contribution in [2.75, 3.05) is 6.61 Å². The second kappa shape index (κ2) is 4.88. The number of hydrogen-bond acceptors (Lipinski definition) is 5. The number of non-ortho nitro benzene ring substituents is 1. The highest BCUT2D eigenvalue weighted by atomic mass is 19.1. The molecule has 0 atom stereocenters. The number of nitro benzene ring substituents is 1. The predicted octanol–water partition coefficient (Wildman–Crippen LogP) is 0.849. The van der Waals surface area contributed by atoms with Gasteiger partial charge in [0.1, 0.15) is 11.5 Å². The minimum atomic E-state index is -0.638. The van der Waals surface area contributed by atoms with Crippen LogP contribution in [0.3, 0.4) is 0 Å². The van der Waals surface area contributed by atoms with E-state index in [9.17, 15) is 14.5 Å².